The zero-order valence-corrected chi connectivity index (χ0v) is 14.3. The van der Waals surface area contributed by atoms with E-state index in [4.69, 9.17) is 4.98 Å². The summed E-state index contributed by atoms with van der Waals surface area (Å²) in [7, 11) is 0. The summed E-state index contributed by atoms with van der Waals surface area (Å²) >= 11 is 1.78. The highest BCUT2D eigenvalue weighted by atomic mass is 35.5. The molecule has 0 bridgehead atoms. The first-order valence-corrected chi connectivity index (χ1v) is 8.04. The van der Waals surface area contributed by atoms with Gasteiger partial charge < -0.3 is 10.6 Å². The van der Waals surface area contributed by atoms with Gasteiger partial charge in [-0.15, -0.1) is 23.7 Å². The van der Waals surface area contributed by atoms with Gasteiger partial charge in [-0.3, -0.25) is 4.79 Å². The highest BCUT2D eigenvalue weighted by molar-refractivity contribution is 7.12. The fourth-order valence-electron chi connectivity index (χ4n) is 2.64. The van der Waals surface area contributed by atoms with Crippen molar-refractivity contribution in [2.45, 2.75) is 32.7 Å². The Hall–Kier alpha value is -1.43. The number of rotatable bonds is 3. The molecule has 4 nitrogen and oxygen atoms in total. The average molecular weight is 338 g/mol. The second kappa shape index (κ2) is 7.22. The first-order chi connectivity index (χ1) is 10.1. The molecule has 1 aliphatic heterocycles. The number of amides is 1. The molecule has 1 fully saturated rings. The molecule has 1 saturated heterocycles. The lowest BCUT2D eigenvalue weighted by Gasteiger charge is -2.05. The van der Waals surface area contributed by atoms with E-state index >= 15 is 0 Å². The third-order valence-corrected chi connectivity index (χ3v) is 4.73. The fourth-order valence-corrected chi connectivity index (χ4v) is 3.70. The molecule has 2 aromatic rings. The number of thiazole rings is 1. The summed E-state index contributed by atoms with van der Waals surface area (Å²) in [6, 6.07) is 8.28. The minimum absolute atomic E-state index is 0. The van der Waals surface area contributed by atoms with Crippen molar-refractivity contribution in [2.24, 2.45) is 0 Å². The standard InChI is InChI=1S/C16H19N3OS.ClH/c1-10-15(19-16(21-10)14-4-3-9-17-14)12-5-7-13(8-6-12)18-11(2)20;/h5-8,14,17H,3-4,9H2,1-2H3,(H,18,20);1H. The van der Waals surface area contributed by atoms with Gasteiger partial charge in [-0.05, 0) is 38.4 Å². The minimum Gasteiger partial charge on any atom is -0.326 e. The summed E-state index contributed by atoms with van der Waals surface area (Å²) in [5, 5.41) is 7.46. The topological polar surface area (TPSA) is 54.0 Å². The number of aryl methyl sites for hydroxylation is 1. The molecule has 1 unspecified atom stereocenters. The number of nitrogens with one attached hydrogen (secondary N) is 2. The van der Waals surface area contributed by atoms with E-state index < -0.39 is 0 Å². The molecule has 22 heavy (non-hydrogen) atoms. The summed E-state index contributed by atoms with van der Waals surface area (Å²) in [6.07, 6.45) is 2.40. The number of carbonyl (C=O) groups is 1. The first kappa shape index (κ1) is 16.9. The van der Waals surface area contributed by atoms with E-state index in [2.05, 4.69) is 17.6 Å². The van der Waals surface area contributed by atoms with Crippen molar-refractivity contribution in [3.63, 3.8) is 0 Å². The van der Waals surface area contributed by atoms with Crippen LogP contribution in [0.4, 0.5) is 5.69 Å². The zero-order valence-electron chi connectivity index (χ0n) is 12.7. The fraction of sp³-hybridized carbons (Fsp3) is 0.375. The number of hydrogen-bond donors (Lipinski definition) is 2. The van der Waals surface area contributed by atoms with Crippen LogP contribution >= 0.6 is 23.7 Å². The highest BCUT2D eigenvalue weighted by Gasteiger charge is 2.21. The van der Waals surface area contributed by atoms with E-state index in [-0.39, 0.29) is 18.3 Å². The first-order valence-electron chi connectivity index (χ1n) is 7.22. The summed E-state index contributed by atoms with van der Waals surface area (Å²) < 4.78 is 0. The van der Waals surface area contributed by atoms with Gasteiger partial charge in [0.05, 0.1) is 11.7 Å². The molecular weight excluding hydrogens is 318 g/mol. The Kier molecular flexibility index (Phi) is 5.56. The van der Waals surface area contributed by atoms with Crippen LogP contribution in [0.3, 0.4) is 0 Å². The predicted octanol–water partition coefficient (Wildman–Crippen LogP) is 3.92. The molecule has 1 atom stereocenters. The van der Waals surface area contributed by atoms with Crippen LogP contribution in [0.5, 0.6) is 0 Å². The quantitative estimate of drug-likeness (QED) is 0.892. The molecule has 0 radical (unpaired) electrons. The largest absolute Gasteiger partial charge is 0.326 e. The van der Waals surface area contributed by atoms with Gasteiger partial charge in [-0.2, -0.15) is 0 Å². The van der Waals surface area contributed by atoms with Crippen molar-refractivity contribution in [3.8, 4) is 11.3 Å². The van der Waals surface area contributed by atoms with Gasteiger partial charge in [0.25, 0.3) is 0 Å². The van der Waals surface area contributed by atoms with Crippen molar-refractivity contribution >= 4 is 35.3 Å². The maximum Gasteiger partial charge on any atom is 0.221 e. The van der Waals surface area contributed by atoms with Crippen molar-refractivity contribution in [1.82, 2.24) is 10.3 Å². The maximum atomic E-state index is 11.0. The number of aromatic nitrogens is 1. The van der Waals surface area contributed by atoms with Crippen molar-refractivity contribution < 1.29 is 4.79 Å². The molecule has 1 aliphatic rings. The summed E-state index contributed by atoms with van der Waals surface area (Å²) in [4.78, 5) is 17.1. The van der Waals surface area contributed by atoms with Gasteiger partial charge >= 0.3 is 0 Å². The van der Waals surface area contributed by atoms with Gasteiger partial charge in [-0.25, -0.2) is 4.98 Å². The smallest absolute Gasteiger partial charge is 0.221 e. The van der Waals surface area contributed by atoms with E-state index in [1.165, 1.54) is 29.7 Å². The molecule has 6 heteroatoms. The molecule has 1 aromatic heterocycles. The average Bonchev–Trinajstić information content (AvgIpc) is 3.08. The number of hydrogen-bond acceptors (Lipinski definition) is 4. The van der Waals surface area contributed by atoms with Crippen LogP contribution in [-0.4, -0.2) is 17.4 Å². The van der Waals surface area contributed by atoms with Crippen LogP contribution < -0.4 is 10.6 Å². The lowest BCUT2D eigenvalue weighted by atomic mass is 10.1. The Morgan fingerprint density at radius 3 is 2.68 bits per heavy atom. The van der Waals surface area contributed by atoms with Crippen molar-refractivity contribution in [1.29, 1.82) is 0 Å². The van der Waals surface area contributed by atoms with E-state index in [1.54, 1.807) is 11.3 Å². The van der Waals surface area contributed by atoms with Crippen LogP contribution in [0.15, 0.2) is 24.3 Å². The highest BCUT2D eigenvalue weighted by Crippen LogP contribution is 2.33. The number of anilines is 1. The molecule has 0 spiro atoms. The Bertz CT molecular complexity index is 648. The minimum atomic E-state index is -0.0535. The van der Waals surface area contributed by atoms with Crippen LogP contribution in [0.25, 0.3) is 11.3 Å². The summed E-state index contributed by atoms with van der Waals surface area (Å²) in [5.74, 6) is -0.0535. The van der Waals surface area contributed by atoms with Crippen LogP contribution in [0.2, 0.25) is 0 Å². The summed E-state index contributed by atoms with van der Waals surface area (Å²) in [5.41, 5.74) is 2.97. The Labute approximate surface area is 140 Å². The molecule has 0 aliphatic carbocycles. The van der Waals surface area contributed by atoms with Gasteiger partial charge in [0, 0.05) is 23.1 Å². The van der Waals surface area contributed by atoms with Gasteiger partial charge in [0.15, 0.2) is 0 Å². The van der Waals surface area contributed by atoms with E-state index in [0.717, 1.165) is 23.5 Å². The van der Waals surface area contributed by atoms with E-state index in [1.807, 2.05) is 24.3 Å². The molecule has 1 amide bonds. The number of carbonyl (C=O) groups excluding carboxylic acids is 1. The van der Waals surface area contributed by atoms with Crippen LogP contribution in [-0.2, 0) is 4.79 Å². The van der Waals surface area contributed by atoms with E-state index in [0.29, 0.717) is 6.04 Å². The normalized spacial score (nSPS) is 17.1. The number of halogens is 1. The molecule has 118 valence electrons. The Balaban J connectivity index is 0.00000176. The van der Waals surface area contributed by atoms with Gasteiger partial charge in [0.2, 0.25) is 5.91 Å². The SMILES string of the molecule is CC(=O)Nc1ccc(-c2nc(C3CCCN3)sc2C)cc1.Cl. The Morgan fingerprint density at radius 1 is 1.36 bits per heavy atom. The molecule has 0 saturated carbocycles. The monoisotopic (exact) mass is 337 g/mol. The third-order valence-electron chi connectivity index (χ3n) is 3.65. The maximum absolute atomic E-state index is 11.0. The van der Waals surface area contributed by atoms with Crippen molar-refractivity contribution in [2.75, 3.05) is 11.9 Å². The number of benzene rings is 1. The van der Waals surface area contributed by atoms with E-state index in [9.17, 15) is 4.79 Å². The predicted molar refractivity (Wildman–Crippen MR) is 93.8 cm³/mol. The molecular formula is C16H20ClN3OS. The molecule has 1 aromatic carbocycles. The van der Waals surface area contributed by atoms with Crippen molar-refractivity contribution in [3.05, 3.63) is 34.2 Å². The molecule has 3 rings (SSSR count). The lowest BCUT2D eigenvalue weighted by molar-refractivity contribution is -0.114. The van der Waals surface area contributed by atoms with Crippen LogP contribution in [0.1, 0.15) is 35.7 Å². The lowest BCUT2D eigenvalue weighted by Crippen LogP contribution is -2.12. The second-order valence-electron chi connectivity index (χ2n) is 5.36. The van der Waals surface area contributed by atoms with Gasteiger partial charge in [0.1, 0.15) is 5.01 Å². The van der Waals surface area contributed by atoms with Gasteiger partial charge in [-0.1, -0.05) is 12.1 Å². The molecule has 2 N–H and O–H groups in total. The Morgan fingerprint density at radius 2 is 2.09 bits per heavy atom. The second-order valence-corrected chi connectivity index (χ2v) is 6.60. The zero-order chi connectivity index (χ0) is 14.8. The third kappa shape index (κ3) is 3.66. The van der Waals surface area contributed by atoms with Crippen LogP contribution in [0, 0.1) is 6.92 Å². The summed E-state index contributed by atoms with van der Waals surface area (Å²) in [6.45, 7) is 4.72. The number of nitrogens with zero attached hydrogens (tertiary/aromatic N) is 1. The molecule has 2 heterocycles.